The Kier molecular flexibility index (Phi) is 4.61. The maximum absolute atomic E-state index is 12.3. The molecule has 0 unspecified atom stereocenters. The number of amides is 1. The Labute approximate surface area is 155 Å². The number of carbonyl (C=O) groups is 1. The fourth-order valence-corrected chi connectivity index (χ4v) is 2.63. The summed E-state index contributed by atoms with van der Waals surface area (Å²) >= 11 is 0. The zero-order valence-electron chi connectivity index (χ0n) is 14.6. The number of fused-ring (bicyclic) bond motifs is 1. The predicted molar refractivity (Wildman–Crippen MR) is 94.9 cm³/mol. The summed E-state index contributed by atoms with van der Waals surface area (Å²) < 4.78 is 21.3. The molecule has 0 fully saturated rings. The molecule has 1 amide bonds. The molecule has 1 aliphatic heterocycles. The lowest BCUT2D eigenvalue weighted by molar-refractivity contribution is 0.0945. The summed E-state index contributed by atoms with van der Waals surface area (Å²) in [5.74, 6) is 2.44. The van der Waals surface area contributed by atoms with E-state index in [4.69, 9.17) is 18.7 Å². The Balaban J connectivity index is 1.40. The van der Waals surface area contributed by atoms with Crippen LogP contribution in [0.3, 0.4) is 0 Å². The number of nitrogens with zero attached hydrogens (tertiary/aromatic N) is 2. The Bertz CT molecular complexity index is 952. The third-order valence-corrected chi connectivity index (χ3v) is 4.02. The molecule has 0 spiro atoms. The molecule has 8 nitrogen and oxygen atoms in total. The highest BCUT2D eigenvalue weighted by Crippen LogP contribution is 2.30. The summed E-state index contributed by atoms with van der Waals surface area (Å²) in [5.41, 5.74) is 1.26. The van der Waals surface area contributed by atoms with Crippen LogP contribution in [0.1, 0.15) is 16.2 Å². The van der Waals surface area contributed by atoms with Crippen molar-refractivity contribution in [1.82, 2.24) is 15.5 Å². The van der Waals surface area contributed by atoms with Crippen LogP contribution < -0.4 is 19.5 Å². The molecule has 4 rings (SSSR count). The largest absolute Gasteiger partial charge is 0.497 e. The first-order valence-electron chi connectivity index (χ1n) is 8.38. The third kappa shape index (κ3) is 3.69. The van der Waals surface area contributed by atoms with Crippen LogP contribution in [0, 0.1) is 0 Å². The van der Waals surface area contributed by atoms with Crippen LogP contribution in [0.5, 0.6) is 17.2 Å². The number of benzene rings is 2. The summed E-state index contributed by atoms with van der Waals surface area (Å²) in [4.78, 5) is 16.6. The van der Waals surface area contributed by atoms with Gasteiger partial charge < -0.3 is 24.1 Å². The van der Waals surface area contributed by atoms with Crippen molar-refractivity contribution < 1.29 is 23.5 Å². The van der Waals surface area contributed by atoms with Gasteiger partial charge >= 0.3 is 0 Å². The van der Waals surface area contributed by atoms with E-state index < -0.39 is 0 Å². The Morgan fingerprint density at radius 2 is 1.89 bits per heavy atom. The average molecular weight is 367 g/mol. The number of carbonyl (C=O) groups excluding carboxylic acids is 1. The minimum atomic E-state index is -0.267. The van der Waals surface area contributed by atoms with E-state index in [0.717, 1.165) is 11.3 Å². The molecule has 0 saturated carbocycles. The van der Waals surface area contributed by atoms with Crippen LogP contribution in [-0.4, -0.2) is 36.4 Å². The molecule has 0 saturated heterocycles. The fraction of sp³-hybridized carbons (Fsp3) is 0.211. The molecule has 0 radical (unpaired) electrons. The van der Waals surface area contributed by atoms with Gasteiger partial charge in [0.05, 0.1) is 13.7 Å². The lowest BCUT2D eigenvalue weighted by Gasteiger charge is -2.18. The van der Waals surface area contributed by atoms with E-state index in [1.165, 1.54) is 0 Å². The van der Waals surface area contributed by atoms with Gasteiger partial charge in [-0.25, -0.2) is 0 Å². The van der Waals surface area contributed by atoms with E-state index in [1.807, 2.05) is 24.3 Å². The van der Waals surface area contributed by atoms with Gasteiger partial charge in [-0.1, -0.05) is 5.16 Å². The van der Waals surface area contributed by atoms with Gasteiger partial charge in [0.15, 0.2) is 11.5 Å². The number of methoxy groups -OCH3 is 1. The number of rotatable bonds is 5. The SMILES string of the molecule is COc1ccc(-c2noc(CNC(=O)c3ccc4c(c3)OCCO4)n2)cc1. The van der Waals surface area contributed by atoms with Crippen LogP contribution >= 0.6 is 0 Å². The molecule has 2 aromatic carbocycles. The zero-order valence-corrected chi connectivity index (χ0v) is 14.6. The standard InChI is InChI=1S/C19H17N3O5/c1-24-14-5-2-12(3-6-14)18-21-17(27-22-18)11-20-19(23)13-4-7-15-16(10-13)26-9-8-25-15/h2-7,10H,8-9,11H2,1H3,(H,20,23). The smallest absolute Gasteiger partial charge is 0.251 e. The predicted octanol–water partition coefficient (Wildman–Crippen LogP) is 2.45. The van der Waals surface area contributed by atoms with E-state index in [2.05, 4.69) is 15.5 Å². The Hall–Kier alpha value is -3.55. The van der Waals surface area contributed by atoms with Crippen molar-refractivity contribution in [3.63, 3.8) is 0 Å². The quantitative estimate of drug-likeness (QED) is 0.740. The Morgan fingerprint density at radius 3 is 2.67 bits per heavy atom. The van der Waals surface area contributed by atoms with Crippen molar-refractivity contribution in [3.05, 3.63) is 53.9 Å². The van der Waals surface area contributed by atoms with Gasteiger partial charge in [-0.05, 0) is 42.5 Å². The second-order valence-corrected chi connectivity index (χ2v) is 5.78. The average Bonchev–Trinajstić information content (AvgIpc) is 3.21. The molecule has 0 atom stereocenters. The summed E-state index contributed by atoms with van der Waals surface area (Å²) in [6.07, 6.45) is 0. The van der Waals surface area contributed by atoms with Crippen molar-refractivity contribution in [1.29, 1.82) is 0 Å². The number of hydrogen-bond acceptors (Lipinski definition) is 7. The van der Waals surface area contributed by atoms with Gasteiger partial charge in [-0.2, -0.15) is 4.98 Å². The van der Waals surface area contributed by atoms with Gasteiger partial charge in [-0.3, -0.25) is 4.79 Å². The van der Waals surface area contributed by atoms with E-state index in [9.17, 15) is 4.79 Å². The molecule has 1 N–H and O–H groups in total. The van der Waals surface area contributed by atoms with Gasteiger partial charge in [0.2, 0.25) is 11.7 Å². The van der Waals surface area contributed by atoms with Crippen LogP contribution in [0.4, 0.5) is 0 Å². The van der Waals surface area contributed by atoms with Gasteiger partial charge in [0, 0.05) is 11.1 Å². The molecule has 0 bridgehead atoms. The maximum atomic E-state index is 12.3. The van der Waals surface area contributed by atoms with Crippen LogP contribution in [0.2, 0.25) is 0 Å². The number of hydrogen-bond donors (Lipinski definition) is 1. The minimum Gasteiger partial charge on any atom is -0.497 e. The molecule has 8 heteroatoms. The molecule has 27 heavy (non-hydrogen) atoms. The van der Waals surface area contributed by atoms with E-state index in [1.54, 1.807) is 25.3 Å². The van der Waals surface area contributed by atoms with Crippen molar-refractivity contribution in [2.24, 2.45) is 0 Å². The van der Waals surface area contributed by atoms with E-state index >= 15 is 0 Å². The second kappa shape index (κ2) is 7.36. The second-order valence-electron chi connectivity index (χ2n) is 5.78. The molecular weight excluding hydrogens is 350 g/mol. The monoisotopic (exact) mass is 367 g/mol. The van der Waals surface area contributed by atoms with Crippen LogP contribution in [-0.2, 0) is 6.54 Å². The Morgan fingerprint density at radius 1 is 1.11 bits per heavy atom. The normalized spacial score (nSPS) is 12.5. The summed E-state index contributed by atoms with van der Waals surface area (Å²) in [5, 5.41) is 6.69. The summed E-state index contributed by atoms with van der Waals surface area (Å²) in [7, 11) is 1.60. The van der Waals surface area contributed by atoms with E-state index in [-0.39, 0.29) is 12.5 Å². The highest BCUT2D eigenvalue weighted by molar-refractivity contribution is 5.94. The first kappa shape index (κ1) is 16.9. The van der Waals surface area contributed by atoms with Crippen LogP contribution in [0.25, 0.3) is 11.4 Å². The van der Waals surface area contributed by atoms with Crippen molar-refractivity contribution >= 4 is 5.91 Å². The first-order valence-corrected chi connectivity index (χ1v) is 8.38. The molecule has 3 aromatic rings. The molecule has 138 valence electrons. The van der Waals surface area contributed by atoms with Gasteiger partial charge in [-0.15, -0.1) is 0 Å². The zero-order chi connectivity index (χ0) is 18.6. The minimum absolute atomic E-state index is 0.121. The molecule has 1 aliphatic rings. The van der Waals surface area contributed by atoms with E-state index in [0.29, 0.717) is 42.0 Å². The van der Waals surface area contributed by atoms with Crippen molar-refractivity contribution in [3.8, 4) is 28.6 Å². The molecule has 2 heterocycles. The summed E-state index contributed by atoms with van der Waals surface area (Å²) in [6, 6.07) is 12.4. The molecule has 0 aliphatic carbocycles. The highest BCUT2D eigenvalue weighted by Gasteiger charge is 2.16. The lowest BCUT2D eigenvalue weighted by atomic mass is 10.2. The molecule has 1 aromatic heterocycles. The van der Waals surface area contributed by atoms with Gasteiger partial charge in [0.25, 0.3) is 5.91 Å². The summed E-state index contributed by atoms with van der Waals surface area (Å²) in [6.45, 7) is 1.09. The first-order chi connectivity index (χ1) is 13.2. The number of ether oxygens (including phenoxy) is 3. The fourth-order valence-electron chi connectivity index (χ4n) is 2.63. The highest BCUT2D eigenvalue weighted by atomic mass is 16.6. The lowest BCUT2D eigenvalue weighted by Crippen LogP contribution is -2.23. The topological polar surface area (TPSA) is 95.7 Å². The van der Waals surface area contributed by atoms with Gasteiger partial charge in [0.1, 0.15) is 19.0 Å². The molecular formula is C19H17N3O5. The van der Waals surface area contributed by atoms with Crippen molar-refractivity contribution in [2.75, 3.05) is 20.3 Å². The van der Waals surface area contributed by atoms with Crippen molar-refractivity contribution in [2.45, 2.75) is 6.54 Å². The number of nitrogens with one attached hydrogen (secondary N) is 1. The number of aromatic nitrogens is 2. The van der Waals surface area contributed by atoms with Crippen LogP contribution in [0.15, 0.2) is 47.0 Å². The third-order valence-electron chi connectivity index (χ3n) is 4.02. The maximum Gasteiger partial charge on any atom is 0.251 e.